The van der Waals surface area contributed by atoms with E-state index in [-0.39, 0.29) is 11.5 Å². The van der Waals surface area contributed by atoms with Crippen LogP contribution in [0.2, 0.25) is 0 Å². The summed E-state index contributed by atoms with van der Waals surface area (Å²) in [6.07, 6.45) is 2.86. The number of carbonyl (C=O) groups excluding carboxylic acids is 1. The quantitative estimate of drug-likeness (QED) is 0.498. The van der Waals surface area contributed by atoms with Crippen molar-refractivity contribution < 1.29 is 4.79 Å². The number of nitrogens with one attached hydrogen (secondary N) is 2. The van der Waals surface area contributed by atoms with E-state index in [0.717, 1.165) is 11.3 Å². The van der Waals surface area contributed by atoms with Crippen molar-refractivity contribution in [2.75, 3.05) is 10.6 Å². The molecule has 0 saturated carbocycles. The molecule has 7 nitrogen and oxygen atoms in total. The molecule has 30 heavy (non-hydrogen) atoms. The van der Waals surface area contributed by atoms with Crippen LogP contribution in [0.4, 0.5) is 17.3 Å². The number of carbonyl (C=O) groups is 1. The Bertz CT molecular complexity index is 1330. The number of benzene rings is 2. The average Bonchev–Trinajstić information content (AvgIpc) is 2.75. The summed E-state index contributed by atoms with van der Waals surface area (Å²) in [5.41, 5.74) is 3.28. The van der Waals surface area contributed by atoms with Crippen LogP contribution in [0.1, 0.15) is 5.56 Å². The number of pyridine rings is 1. The third-order valence-corrected chi connectivity index (χ3v) is 4.58. The van der Waals surface area contributed by atoms with Gasteiger partial charge in [-0.1, -0.05) is 30.8 Å². The van der Waals surface area contributed by atoms with E-state index in [1.807, 2.05) is 31.2 Å². The molecular formula is C23H19N5O2. The second-order valence-corrected chi connectivity index (χ2v) is 6.66. The predicted octanol–water partition coefficient (Wildman–Crippen LogP) is 3.96. The molecule has 0 aliphatic heterocycles. The van der Waals surface area contributed by atoms with Crippen LogP contribution in [-0.2, 0) is 4.79 Å². The SMILES string of the molecule is C=CC(=O)Nc1cccc(-n2c(=O)ccc3cnc(Nc4ccccc4C)nc32)c1. The first-order valence-corrected chi connectivity index (χ1v) is 9.30. The second-order valence-electron chi connectivity index (χ2n) is 6.66. The van der Waals surface area contributed by atoms with Crippen LogP contribution in [0, 0.1) is 6.92 Å². The van der Waals surface area contributed by atoms with E-state index in [9.17, 15) is 9.59 Å². The minimum absolute atomic E-state index is 0.241. The lowest BCUT2D eigenvalue weighted by Gasteiger charge is -2.13. The summed E-state index contributed by atoms with van der Waals surface area (Å²) < 4.78 is 1.49. The van der Waals surface area contributed by atoms with Crippen molar-refractivity contribution in [1.29, 1.82) is 0 Å². The molecule has 2 aromatic carbocycles. The molecule has 0 unspecified atom stereocenters. The third-order valence-electron chi connectivity index (χ3n) is 4.58. The van der Waals surface area contributed by atoms with Crippen molar-refractivity contribution in [1.82, 2.24) is 14.5 Å². The molecule has 0 radical (unpaired) electrons. The van der Waals surface area contributed by atoms with Gasteiger partial charge in [0.1, 0.15) is 0 Å². The zero-order chi connectivity index (χ0) is 21.1. The number of nitrogens with zero attached hydrogens (tertiary/aromatic N) is 3. The highest BCUT2D eigenvalue weighted by Crippen LogP contribution is 2.21. The van der Waals surface area contributed by atoms with Gasteiger partial charge in [0.25, 0.3) is 5.56 Å². The lowest BCUT2D eigenvalue weighted by Crippen LogP contribution is -2.19. The van der Waals surface area contributed by atoms with E-state index in [2.05, 4.69) is 27.2 Å². The van der Waals surface area contributed by atoms with Crippen LogP contribution in [0.3, 0.4) is 0 Å². The van der Waals surface area contributed by atoms with Crippen LogP contribution >= 0.6 is 0 Å². The predicted molar refractivity (Wildman–Crippen MR) is 118 cm³/mol. The van der Waals surface area contributed by atoms with Gasteiger partial charge in [0.05, 0.1) is 5.69 Å². The third kappa shape index (κ3) is 3.81. The molecular weight excluding hydrogens is 378 g/mol. The number of para-hydroxylation sites is 1. The van der Waals surface area contributed by atoms with Gasteiger partial charge in [-0.2, -0.15) is 4.98 Å². The molecule has 4 aromatic rings. The Morgan fingerprint density at radius 3 is 2.73 bits per heavy atom. The number of aromatic nitrogens is 3. The normalized spacial score (nSPS) is 10.6. The van der Waals surface area contributed by atoms with Gasteiger partial charge in [0.2, 0.25) is 11.9 Å². The highest BCUT2D eigenvalue weighted by Gasteiger charge is 2.10. The van der Waals surface area contributed by atoms with Gasteiger partial charge in [-0.05, 0) is 48.9 Å². The lowest BCUT2D eigenvalue weighted by atomic mass is 10.2. The first kappa shape index (κ1) is 19.1. The van der Waals surface area contributed by atoms with Crippen LogP contribution in [0.5, 0.6) is 0 Å². The van der Waals surface area contributed by atoms with Crippen molar-refractivity contribution in [3.8, 4) is 5.69 Å². The molecule has 0 spiro atoms. The molecule has 2 aromatic heterocycles. The monoisotopic (exact) mass is 397 g/mol. The molecule has 0 atom stereocenters. The summed E-state index contributed by atoms with van der Waals surface area (Å²) in [5, 5.41) is 6.62. The van der Waals surface area contributed by atoms with Crippen molar-refractivity contribution >= 4 is 34.3 Å². The average molecular weight is 397 g/mol. The van der Waals surface area contributed by atoms with Gasteiger partial charge in [0.15, 0.2) is 5.65 Å². The number of fused-ring (bicyclic) bond motifs is 1. The van der Waals surface area contributed by atoms with E-state index in [4.69, 9.17) is 0 Å². The van der Waals surface area contributed by atoms with Crippen LogP contribution in [-0.4, -0.2) is 20.4 Å². The van der Waals surface area contributed by atoms with Crippen molar-refractivity contribution in [2.45, 2.75) is 6.92 Å². The maximum atomic E-state index is 12.7. The molecule has 2 N–H and O–H groups in total. The van der Waals surface area contributed by atoms with Crippen molar-refractivity contribution in [2.24, 2.45) is 0 Å². The molecule has 2 heterocycles. The molecule has 148 valence electrons. The summed E-state index contributed by atoms with van der Waals surface area (Å²) in [4.78, 5) is 33.3. The maximum Gasteiger partial charge on any atom is 0.256 e. The molecule has 0 aliphatic carbocycles. The first-order valence-electron chi connectivity index (χ1n) is 9.30. The second kappa shape index (κ2) is 8.00. The van der Waals surface area contributed by atoms with Crippen LogP contribution in [0.15, 0.2) is 84.3 Å². The number of rotatable bonds is 5. The minimum Gasteiger partial charge on any atom is -0.324 e. The molecule has 4 rings (SSSR count). The molecule has 7 heteroatoms. The van der Waals surface area contributed by atoms with Gasteiger partial charge in [-0.25, -0.2) is 4.98 Å². The molecule has 0 saturated heterocycles. The van der Waals surface area contributed by atoms with E-state index in [1.54, 1.807) is 36.5 Å². The van der Waals surface area contributed by atoms with E-state index >= 15 is 0 Å². The summed E-state index contributed by atoms with van der Waals surface area (Å²) in [6.45, 7) is 5.44. The Morgan fingerprint density at radius 2 is 1.93 bits per heavy atom. The molecule has 0 bridgehead atoms. The standard InChI is InChI=1S/C23H19N5O2/c1-3-20(29)25-17-8-6-9-18(13-17)28-21(30)12-11-16-14-24-23(27-22(16)28)26-19-10-5-4-7-15(19)2/h3-14H,1H2,2H3,(H,25,29)(H,24,26,27). The highest BCUT2D eigenvalue weighted by molar-refractivity contribution is 5.99. The zero-order valence-electron chi connectivity index (χ0n) is 16.3. The number of aryl methyl sites for hydroxylation is 1. The van der Waals surface area contributed by atoms with Crippen molar-refractivity contribution in [3.05, 3.63) is 95.4 Å². The topological polar surface area (TPSA) is 88.9 Å². The zero-order valence-corrected chi connectivity index (χ0v) is 16.3. The lowest BCUT2D eigenvalue weighted by molar-refractivity contribution is -0.111. The Morgan fingerprint density at radius 1 is 1.10 bits per heavy atom. The largest absolute Gasteiger partial charge is 0.324 e. The molecule has 0 aliphatic rings. The van der Waals surface area contributed by atoms with Gasteiger partial charge in [-0.15, -0.1) is 0 Å². The molecule has 1 amide bonds. The Balaban J connectivity index is 1.82. The number of hydrogen-bond donors (Lipinski definition) is 2. The summed E-state index contributed by atoms with van der Waals surface area (Å²) in [6, 6.07) is 17.9. The summed E-state index contributed by atoms with van der Waals surface area (Å²) >= 11 is 0. The Kier molecular flexibility index (Phi) is 5.09. The fourth-order valence-corrected chi connectivity index (χ4v) is 3.08. The van der Waals surface area contributed by atoms with Crippen molar-refractivity contribution in [3.63, 3.8) is 0 Å². The fraction of sp³-hybridized carbons (Fsp3) is 0.0435. The first-order chi connectivity index (χ1) is 14.5. The fourth-order valence-electron chi connectivity index (χ4n) is 3.08. The summed E-state index contributed by atoms with van der Waals surface area (Å²) in [7, 11) is 0. The maximum absolute atomic E-state index is 12.7. The Hall–Kier alpha value is -4.26. The highest BCUT2D eigenvalue weighted by atomic mass is 16.1. The van der Waals surface area contributed by atoms with Crippen LogP contribution in [0.25, 0.3) is 16.7 Å². The van der Waals surface area contributed by atoms with E-state index in [0.29, 0.717) is 28.4 Å². The minimum atomic E-state index is -0.329. The summed E-state index contributed by atoms with van der Waals surface area (Å²) in [5.74, 6) is 0.0525. The number of anilines is 3. The van der Waals surface area contributed by atoms with Crippen LogP contribution < -0.4 is 16.2 Å². The van der Waals surface area contributed by atoms with Gasteiger partial charge in [-0.3, -0.25) is 14.2 Å². The van der Waals surface area contributed by atoms with Gasteiger partial charge in [0, 0.05) is 29.0 Å². The van der Waals surface area contributed by atoms with Gasteiger partial charge >= 0.3 is 0 Å². The smallest absolute Gasteiger partial charge is 0.256 e. The Labute approximate surface area is 172 Å². The molecule has 0 fully saturated rings. The van der Waals surface area contributed by atoms with E-state index in [1.165, 1.54) is 16.7 Å². The van der Waals surface area contributed by atoms with Gasteiger partial charge < -0.3 is 10.6 Å². The number of amides is 1. The van der Waals surface area contributed by atoms with E-state index < -0.39 is 0 Å². The number of hydrogen-bond acceptors (Lipinski definition) is 5.